The molecular weight excluding hydrogens is 220 g/mol. The predicted octanol–water partition coefficient (Wildman–Crippen LogP) is 3.63. The molecule has 0 spiro atoms. The first-order valence-electron chi connectivity index (χ1n) is 7.54. The maximum Gasteiger partial charge on any atom is 0.0605 e. The molecule has 0 radical (unpaired) electrons. The Labute approximate surface area is 110 Å². The van der Waals surface area contributed by atoms with Crippen LogP contribution in [0, 0.1) is 5.92 Å². The van der Waals surface area contributed by atoms with Crippen LogP contribution in [0.25, 0.3) is 0 Å². The zero-order chi connectivity index (χ0) is 12.4. The minimum absolute atomic E-state index is 0.500. The number of rotatable bonds is 2. The Morgan fingerprint density at radius 1 is 1.17 bits per heavy atom. The smallest absolute Gasteiger partial charge is 0.0605 e. The van der Waals surface area contributed by atoms with E-state index in [2.05, 4.69) is 29.4 Å². The van der Waals surface area contributed by atoms with Gasteiger partial charge in [-0.15, -0.1) is 0 Å². The third kappa shape index (κ3) is 2.44. The van der Waals surface area contributed by atoms with Crippen molar-refractivity contribution in [1.29, 1.82) is 0 Å². The molecule has 1 fully saturated rings. The number of aromatic nitrogens is 1. The van der Waals surface area contributed by atoms with Gasteiger partial charge in [0.1, 0.15) is 0 Å². The highest BCUT2D eigenvalue weighted by Gasteiger charge is 2.27. The van der Waals surface area contributed by atoms with Gasteiger partial charge in [0, 0.05) is 18.3 Å². The maximum atomic E-state index is 4.63. The minimum Gasteiger partial charge on any atom is -0.306 e. The lowest BCUT2D eigenvalue weighted by Gasteiger charge is -2.35. The van der Waals surface area contributed by atoms with Gasteiger partial charge in [-0.2, -0.15) is 0 Å². The van der Waals surface area contributed by atoms with Crippen LogP contribution in [-0.2, 0) is 6.42 Å². The zero-order valence-corrected chi connectivity index (χ0v) is 11.4. The van der Waals surface area contributed by atoms with Crippen LogP contribution in [0.2, 0.25) is 0 Å². The van der Waals surface area contributed by atoms with E-state index >= 15 is 0 Å². The second-order valence-corrected chi connectivity index (χ2v) is 6.03. The van der Waals surface area contributed by atoms with Gasteiger partial charge in [-0.3, -0.25) is 4.98 Å². The highest BCUT2D eigenvalue weighted by atomic mass is 15.0. The Morgan fingerprint density at radius 2 is 2.06 bits per heavy atom. The largest absolute Gasteiger partial charge is 0.306 e. The van der Waals surface area contributed by atoms with Crippen molar-refractivity contribution < 1.29 is 0 Å². The zero-order valence-electron chi connectivity index (χ0n) is 11.4. The van der Waals surface area contributed by atoms with Gasteiger partial charge in [-0.25, -0.2) is 0 Å². The molecule has 3 atom stereocenters. The van der Waals surface area contributed by atoms with E-state index in [0.717, 1.165) is 5.92 Å². The summed E-state index contributed by atoms with van der Waals surface area (Å²) in [6.07, 6.45) is 11.3. The molecule has 2 heteroatoms. The summed E-state index contributed by atoms with van der Waals surface area (Å²) in [5, 5.41) is 3.90. The molecule has 2 nitrogen and oxygen atoms in total. The average Bonchev–Trinajstić information content (AvgIpc) is 2.42. The van der Waals surface area contributed by atoms with E-state index in [1.54, 1.807) is 0 Å². The van der Waals surface area contributed by atoms with Crippen molar-refractivity contribution in [3.63, 3.8) is 0 Å². The van der Waals surface area contributed by atoms with Crippen molar-refractivity contribution in [2.45, 2.75) is 64.0 Å². The van der Waals surface area contributed by atoms with E-state index in [4.69, 9.17) is 0 Å². The lowest BCUT2D eigenvalue weighted by atomic mass is 9.84. The number of hydrogen-bond acceptors (Lipinski definition) is 2. The molecular formula is C16H24N2. The Kier molecular flexibility index (Phi) is 3.64. The standard InChI is InChI=1S/C16H24N2/c1-12-6-2-3-9-14(12)18-15-10-4-7-13-8-5-11-17-16(13)15/h5,8,11-12,14-15,18H,2-4,6-7,9-10H2,1H3. The third-order valence-electron chi connectivity index (χ3n) is 4.72. The number of nitrogens with zero attached hydrogens (tertiary/aromatic N) is 1. The van der Waals surface area contributed by atoms with Crippen LogP contribution in [0.3, 0.4) is 0 Å². The van der Waals surface area contributed by atoms with Gasteiger partial charge in [0.2, 0.25) is 0 Å². The van der Waals surface area contributed by atoms with Gasteiger partial charge in [-0.05, 0) is 49.7 Å². The van der Waals surface area contributed by atoms with Crippen molar-refractivity contribution in [3.8, 4) is 0 Å². The lowest BCUT2D eigenvalue weighted by Crippen LogP contribution is -2.40. The molecule has 0 aliphatic heterocycles. The molecule has 0 aromatic carbocycles. The van der Waals surface area contributed by atoms with Gasteiger partial charge < -0.3 is 5.32 Å². The minimum atomic E-state index is 0.500. The van der Waals surface area contributed by atoms with Crippen molar-refractivity contribution in [2.75, 3.05) is 0 Å². The summed E-state index contributed by atoms with van der Waals surface area (Å²) in [7, 11) is 0. The molecule has 3 rings (SSSR count). The van der Waals surface area contributed by atoms with Crippen LogP contribution in [-0.4, -0.2) is 11.0 Å². The van der Waals surface area contributed by atoms with Crippen molar-refractivity contribution in [2.24, 2.45) is 5.92 Å². The molecule has 2 aliphatic rings. The van der Waals surface area contributed by atoms with Gasteiger partial charge >= 0.3 is 0 Å². The first kappa shape index (κ1) is 12.2. The van der Waals surface area contributed by atoms with Crippen molar-refractivity contribution >= 4 is 0 Å². The summed E-state index contributed by atoms with van der Waals surface area (Å²) >= 11 is 0. The number of aryl methyl sites for hydroxylation is 1. The topological polar surface area (TPSA) is 24.9 Å². The fraction of sp³-hybridized carbons (Fsp3) is 0.688. The number of pyridine rings is 1. The highest BCUT2D eigenvalue weighted by Crippen LogP contribution is 2.31. The summed E-state index contributed by atoms with van der Waals surface area (Å²) in [5.74, 6) is 0.827. The Bertz CT molecular complexity index is 402. The molecule has 3 unspecified atom stereocenters. The molecule has 1 N–H and O–H groups in total. The van der Waals surface area contributed by atoms with E-state index in [1.807, 2.05) is 6.20 Å². The fourth-order valence-corrected chi connectivity index (χ4v) is 3.59. The van der Waals surface area contributed by atoms with Gasteiger partial charge in [0.25, 0.3) is 0 Å². The second kappa shape index (κ2) is 5.40. The van der Waals surface area contributed by atoms with Crippen LogP contribution < -0.4 is 5.32 Å². The summed E-state index contributed by atoms with van der Waals surface area (Å²) < 4.78 is 0. The highest BCUT2D eigenvalue weighted by molar-refractivity contribution is 5.25. The van der Waals surface area contributed by atoms with Crippen molar-refractivity contribution in [1.82, 2.24) is 10.3 Å². The Balaban J connectivity index is 1.73. The van der Waals surface area contributed by atoms with Crippen LogP contribution >= 0.6 is 0 Å². The molecule has 0 amide bonds. The van der Waals surface area contributed by atoms with Crippen LogP contribution in [0.5, 0.6) is 0 Å². The molecule has 1 aromatic rings. The Hall–Kier alpha value is -0.890. The van der Waals surface area contributed by atoms with E-state index in [1.165, 1.54) is 56.2 Å². The average molecular weight is 244 g/mol. The van der Waals surface area contributed by atoms with E-state index in [9.17, 15) is 0 Å². The summed E-state index contributed by atoms with van der Waals surface area (Å²) in [5.41, 5.74) is 2.78. The van der Waals surface area contributed by atoms with E-state index in [-0.39, 0.29) is 0 Å². The van der Waals surface area contributed by atoms with Crippen LogP contribution in [0.4, 0.5) is 0 Å². The molecule has 98 valence electrons. The third-order valence-corrected chi connectivity index (χ3v) is 4.72. The fourth-order valence-electron chi connectivity index (χ4n) is 3.59. The number of fused-ring (bicyclic) bond motifs is 1. The summed E-state index contributed by atoms with van der Waals surface area (Å²) in [6, 6.07) is 5.53. The predicted molar refractivity (Wildman–Crippen MR) is 74.5 cm³/mol. The molecule has 0 saturated heterocycles. The quantitative estimate of drug-likeness (QED) is 0.859. The second-order valence-electron chi connectivity index (χ2n) is 6.03. The number of nitrogens with one attached hydrogen (secondary N) is 1. The molecule has 1 saturated carbocycles. The molecule has 0 bridgehead atoms. The van der Waals surface area contributed by atoms with Crippen LogP contribution in [0.15, 0.2) is 18.3 Å². The Morgan fingerprint density at radius 3 is 2.94 bits per heavy atom. The monoisotopic (exact) mass is 244 g/mol. The first-order valence-corrected chi connectivity index (χ1v) is 7.54. The number of hydrogen-bond donors (Lipinski definition) is 1. The van der Waals surface area contributed by atoms with Gasteiger partial charge in [0.15, 0.2) is 0 Å². The molecule has 2 aliphatic carbocycles. The van der Waals surface area contributed by atoms with Crippen LogP contribution in [0.1, 0.15) is 62.7 Å². The van der Waals surface area contributed by atoms with Gasteiger partial charge in [-0.1, -0.05) is 25.8 Å². The maximum absolute atomic E-state index is 4.63. The van der Waals surface area contributed by atoms with E-state index < -0.39 is 0 Å². The first-order chi connectivity index (χ1) is 8.84. The SMILES string of the molecule is CC1CCCCC1NC1CCCc2cccnc21. The summed E-state index contributed by atoms with van der Waals surface area (Å²) in [4.78, 5) is 4.63. The van der Waals surface area contributed by atoms with Crippen molar-refractivity contribution in [3.05, 3.63) is 29.6 Å². The lowest BCUT2D eigenvalue weighted by molar-refractivity contribution is 0.247. The normalized spacial score (nSPS) is 31.9. The molecule has 18 heavy (non-hydrogen) atoms. The molecule has 1 heterocycles. The summed E-state index contributed by atoms with van der Waals surface area (Å²) in [6.45, 7) is 2.40. The van der Waals surface area contributed by atoms with E-state index in [0.29, 0.717) is 12.1 Å². The van der Waals surface area contributed by atoms with Gasteiger partial charge in [0.05, 0.1) is 5.69 Å². The molecule has 1 aromatic heterocycles.